The second-order valence-corrected chi connectivity index (χ2v) is 8.78. The summed E-state index contributed by atoms with van der Waals surface area (Å²) in [6.45, 7) is 5.65. The van der Waals surface area contributed by atoms with E-state index in [1.54, 1.807) is 0 Å². The van der Waals surface area contributed by atoms with Gasteiger partial charge >= 0.3 is 94.9 Å². The number of amides is 1. The van der Waals surface area contributed by atoms with Gasteiger partial charge in [0.25, 0.3) is 0 Å². The molecule has 0 aliphatic carbocycles. The van der Waals surface area contributed by atoms with Crippen molar-refractivity contribution in [3.05, 3.63) is 0 Å². The van der Waals surface area contributed by atoms with Gasteiger partial charge in [0.2, 0.25) is 0 Å². The molecular weight excluding hydrogens is 265 g/mol. The Morgan fingerprint density at radius 1 is 1.57 bits per heavy atom. The van der Waals surface area contributed by atoms with Gasteiger partial charge in [0.05, 0.1) is 0 Å². The van der Waals surface area contributed by atoms with Crippen LogP contribution in [0.1, 0.15) is 27.2 Å². The van der Waals surface area contributed by atoms with Crippen LogP contribution in [0, 0.1) is 0 Å². The van der Waals surface area contributed by atoms with Crippen LogP contribution in [-0.2, 0) is 4.74 Å². The molecule has 0 radical (unpaired) electrons. The summed E-state index contributed by atoms with van der Waals surface area (Å²) in [7, 11) is 2.01. The molecule has 1 aliphatic rings. The molecule has 1 saturated heterocycles. The van der Waals surface area contributed by atoms with Gasteiger partial charge in [-0.15, -0.1) is 0 Å². The first-order chi connectivity index (χ1) is 6.47. The summed E-state index contributed by atoms with van der Waals surface area (Å²) in [6.07, 6.45) is 0.802. The second kappa shape index (κ2) is 5.29. The fraction of sp³-hybridized carbons (Fsp3) is 0.889. The quantitative estimate of drug-likeness (QED) is 0.748. The maximum absolute atomic E-state index is 11.4. The van der Waals surface area contributed by atoms with Gasteiger partial charge in [0, 0.05) is 0 Å². The molecule has 0 aromatic heterocycles. The molecule has 1 rings (SSSR count). The standard InChI is InChI=1S/C9H17NO2SSe/c1-9(2,3)12-8(11)10-7-4-5-13-14-6-7/h7H,4-6H2,1-3H3,(H,10,11). The number of hydrogen-bond donors (Lipinski definition) is 1. The Labute approximate surface area is 94.9 Å². The first-order valence-electron chi connectivity index (χ1n) is 4.71. The van der Waals surface area contributed by atoms with Crippen LogP contribution in [0.4, 0.5) is 4.79 Å². The van der Waals surface area contributed by atoms with E-state index in [1.807, 2.05) is 31.0 Å². The van der Waals surface area contributed by atoms with Crippen molar-refractivity contribution in [3.63, 3.8) is 0 Å². The Balaban J connectivity index is 2.25. The Morgan fingerprint density at radius 2 is 2.29 bits per heavy atom. The Kier molecular flexibility index (Phi) is 4.61. The summed E-state index contributed by atoms with van der Waals surface area (Å²) in [6, 6.07) is 0.339. The summed E-state index contributed by atoms with van der Waals surface area (Å²) in [5, 5.41) is 4.04. The third-order valence-electron chi connectivity index (χ3n) is 1.62. The number of rotatable bonds is 1. The van der Waals surface area contributed by atoms with E-state index >= 15 is 0 Å². The molecular formula is C9H17NO2SSe. The van der Waals surface area contributed by atoms with Crippen molar-refractivity contribution in [1.82, 2.24) is 5.32 Å². The number of carbonyl (C=O) groups excluding carboxylic acids is 1. The van der Waals surface area contributed by atoms with E-state index in [1.165, 1.54) is 5.75 Å². The van der Waals surface area contributed by atoms with E-state index in [0.29, 0.717) is 19.9 Å². The fourth-order valence-electron chi connectivity index (χ4n) is 1.05. The zero-order chi connectivity index (χ0) is 10.6. The Hall–Kier alpha value is 0.139. The number of hydrogen-bond acceptors (Lipinski definition) is 3. The Bertz CT molecular complexity index is 199. The monoisotopic (exact) mass is 283 g/mol. The summed E-state index contributed by atoms with van der Waals surface area (Å²) in [5.74, 6) is 1.17. The third kappa shape index (κ3) is 5.13. The predicted molar refractivity (Wildman–Crippen MR) is 60.8 cm³/mol. The zero-order valence-corrected chi connectivity index (χ0v) is 11.4. The summed E-state index contributed by atoms with van der Waals surface area (Å²) in [4.78, 5) is 11.4. The molecule has 1 unspecified atom stereocenters. The first-order valence-corrected chi connectivity index (χ1v) is 8.93. The van der Waals surface area contributed by atoms with Crippen molar-refractivity contribution in [2.45, 2.75) is 44.2 Å². The van der Waals surface area contributed by atoms with Crippen LogP contribution in [0.25, 0.3) is 0 Å². The molecule has 1 aliphatic heterocycles. The number of ether oxygens (including phenoxy) is 1. The summed E-state index contributed by atoms with van der Waals surface area (Å²) >= 11 is 0.637. The summed E-state index contributed by atoms with van der Waals surface area (Å²) < 4.78 is 5.19. The van der Waals surface area contributed by atoms with Crippen molar-refractivity contribution in [2.75, 3.05) is 5.75 Å². The second-order valence-electron chi connectivity index (χ2n) is 4.24. The molecule has 0 spiro atoms. The maximum atomic E-state index is 11.4. The van der Waals surface area contributed by atoms with Crippen LogP contribution >= 0.6 is 10.2 Å². The van der Waals surface area contributed by atoms with E-state index in [2.05, 4.69) is 5.32 Å². The van der Waals surface area contributed by atoms with Gasteiger partial charge in [0.1, 0.15) is 0 Å². The minimum atomic E-state index is -0.390. The molecule has 3 nitrogen and oxygen atoms in total. The molecule has 1 heterocycles. The molecule has 0 saturated carbocycles. The molecule has 0 aromatic rings. The molecule has 1 amide bonds. The molecule has 0 bridgehead atoms. The molecule has 5 heteroatoms. The van der Waals surface area contributed by atoms with E-state index in [4.69, 9.17) is 4.74 Å². The fourth-order valence-corrected chi connectivity index (χ4v) is 5.32. The normalized spacial score (nSPS) is 22.9. The average Bonchev–Trinajstić information content (AvgIpc) is 2.02. The molecule has 82 valence electrons. The molecule has 1 fully saturated rings. The molecule has 0 aromatic carbocycles. The number of carbonyl (C=O) groups is 1. The third-order valence-corrected chi connectivity index (χ3v) is 6.13. The van der Waals surface area contributed by atoms with Crippen molar-refractivity contribution in [3.8, 4) is 0 Å². The van der Waals surface area contributed by atoms with Gasteiger partial charge in [-0.05, 0) is 0 Å². The molecule has 1 atom stereocenters. The van der Waals surface area contributed by atoms with Crippen LogP contribution in [0.5, 0.6) is 0 Å². The van der Waals surface area contributed by atoms with Crippen molar-refractivity contribution >= 4 is 30.1 Å². The first kappa shape index (κ1) is 12.2. The van der Waals surface area contributed by atoms with Gasteiger partial charge in [-0.1, -0.05) is 0 Å². The number of nitrogens with one attached hydrogen (secondary N) is 1. The van der Waals surface area contributed by atoms with Gasteiger partial charge < -0.3 is 0 Å². The van der Waals surface area contributed by atoms with Crippen molar-refractivity contribution < 1.29 is 9.53 Å². The van der Waals surface area contributed by atoms with Crippen LogP contribution < -0.4 is 5.32 Å². The van der Waals surface area contributed by atoms with Gasteiger partial charge in [-0.25, -0.2) is 0 Å². The molecule has 14 heavy (non-hydrogen) atoms. The minimum absolute atomic E-state index is 0.273. The van der Waals surface area contributed by atoms with Crippen LogP contribution in [-0.4, -0.2) is 37.3 Å². The van der Waals surface area contributed by atoms with Gasteiger partial charge in [0.15, 0.2) is 0 Å². The summed E-state index contributed by atoms with van der Waals surface area (Å²) in [5.41, 5.74) is -0.390. The molecule has 1 N–H and O–H groups in total. The Morgan fingerprint density at radius 3 is 2.79 bits per heavy atom. The van der Waals surface area contributed by atoms with E-state index in [9.17, 15) is 4.79 Å². The van der Waals surface area contributed by atoms with Gasteiger partial charge in [-0.2, -0.15) is 0 Å². The topological polar surface area (TPSA) is 38.3 Å². The van der Waals surface area contributed by atoms with Gasteiger partial charge in [-0.3, -0.25) is 0 Å². The van der Waals surface area contributed by atoms with E-state index in [-0.39, 0.29) is 6.09 Å². The van der Waals surface area contributed by atoms with Crippen LogP contribution in [0.3, 0.4) is 0 Å². The average molecular weight is 282 g/mol. The van der Waals surface area contributed by atoms with Crippen LogP contribution in [0.2, 0.25) is 5.32 Å². The van der Waals surface area contributed by atoms with E-state index < -0.39 is 5.60 Å². The zero-order valence-electron chi connectivity index (χ0n) is 8.83. The van der Waals surface area contributed by atoms with Crippen molar-refractivity contribution in [1.29, 1.82) is 0 Å². The SMILES string of the molecule is CC(C)(C)OC(=O)NC1CCS[Se]C1. The number of alkyl carbamates (subject to hydrolysis) is 1. The van der Waals surface area contributed by atoms with Crippen molar-refractivity contribution in [2.24, 2.45) is 0 Å². The van der Waals surface area contributed by atoms with Crippen LogP contribution in [0.15, 0.2) is 0 Å². The van der Waals surface area contributed by atoms with E-state index in [0.717, 1.165) is 11.7 Å². The predicted octanol–water partition coefficient (Wildman–Crippen LogP) is 2.05.